The lowest BCUT2D eigenvalue weighted by Crippen LogP contribution is -2.44. The molecule has 0 radical (unpaired) electrons. The fourth-order valence-electron chi connectivity index (χ4n) is 1.65. The highest BCUT2D eigenvalue weighted by atomic mass is 16.6. The van der Waals surface area contributed by atoms with Crippen LogP contribution in [-0.4, -0.2) is 50.3 Å². The van der Waals surface area contributed by atoms with E-state index in [1.54, 1.807) is 24.3 Å². The molecule has 29 heavy (non-hydrogen) atoms. The van der Waals surface area contributed by atoms with Crippen LogP contribution in [0.15, 0.2) is 0 Å². The molecule has 0 aromatic carbocycles. The third-order valence-electron chi connectivity index (χ3n) is 3.05. The number of hydrogen-bond acceptors (Lipinski definition) is 12. The van der Waals surface area contributed by atoms with Crippen LogP contribution < -0.4 is 0 Å². The first-order chi connectivity index (χ1) is 13.8. The third kappa shape index (κ3) is 11.2. The maximum atomic E-state index is 11.5. The Balaban J connectivity index is 5.48. The second kappa shape index (κ2) is 14.0. The van der Waals surface area contributed by atoms with E-state index < -0.39 is 81.4 Å². The van der Waals surface area contributed by atoms with Crippen LogP contribution in [0.5, 0.6) is 0 Å². The Kier molecular flexibility index (Phi) is 12.0. The van der Waals surface area contributed by atoms with Crippen LogP contribution in [-0.2, 0) is 38.1 Å². The zero-order valence-corrected chi connectivity index (χ0v) is 15.2. The molecule has 0 aromatic rings. The topological polar surface area (TPSA) is 200 Å². The molecule has 12 heteroatoms. The van der Waals surface area contributed by atoms with Crippen molar-refractivity contribution in [1.82, 2.24) is 0 Å². The van der Waals surface area contributed by atoms with E-state index in [4.69, 9.17) is 40.0 Å². The number of ether oxygens (including phenoxy) is 4. The SMILES string of the molecule is N#CCC(=O)OCC(COC(=O)CC#N)(COC(=O)CC#N)COC(=O)CC#N. The summed E-state index contributed by atoms with van der Waals surface area (Å²) in [5, 5.41) is 34.1. The Hall–Kier alpha value is -4.16. The van der Waals surface area contributed by atoms with Gasteiger partial charge in [0.25, 0.3) is 0 Å². The second-order valence-electron chi connectivity index (χ2n) is 5.48. The Morgan fingerprint density at radius 2 is 0.724 bits per heavy atom. The molecule has 0 unspecified atom stereocenters. The molecule has 0 saturated carbocycles. The first kappa shape index (κ1) is 24.8. The molecule has 0 spiro atoms. The first-order valence-corrected chi connectivity index (χ1v) is 7.92. The Morgan fingerprint density at radius 3 is 0.897 bits per heavy atom. The standard InChI is InChI=1S/C17H16N4O8/c18-5-1-13(22)26-9-17(10-27-14(23)2-6-19,11-28-15(24)3-7-20)12-29-16(25)4-8-21/h1-4,9-12H2. The third-order valence-corrected chi connectivity index (χ3v) is 3.05. The molecule has 0 aromatic heterocycles. The molecule has 0 N–H and O–H groups in total. The van der Waals surface area contributed by atoms with Crippen molar-refractivity contribution in [2.24, 2.45) is 5.41 Å². The largest absolute Gasteiger partial charge is 0.464 e. The summed E-state index contributed by atoms with van der Waals surface area (Å²) in [6, 6.07) is 6.26. The fourth-order valence-corrected chi connectivity index (χ4v) is 1.65. The van der Waals surface area contributed by atoms with E-state index >= 15 is 0 Å². The highest BCUT2D eigenvalue weighted by molar-refractivity contribution is 5.73. The molecular formula is C17H16N4O8. The van der Waals surface area contributed by atoms with Crippen LogP contribution in [0.25, 0.3) is 0 Å². The average Bonchev–Trinajstić information content (AvgIpc) is 2.68. The monoisotopic (exact) mass is 404 g/mol. The molecule has 0 heterocycles. The Morgan fingerprint density at radius 1 is 0.517 bits per heavy atom. The molecule has 0 aliphatic carbocycles. The number of hydrogen-bond donors (Lipinski definition) is 0. The maximum absolute atomic E-state index is 11.5. The van der Waals surface area contributed by atoms with Gasteiger partial charge in [-0.25, -0.2) is 0 Å². The number of nitriles is 4. The number of carbonyl (C=O) groups is 4. The molecule has 0 fully saturated rings. The van der Waals surface area contributed by atoms with Crippen LogP contribution in [0.2, 0.25) is 0 Å². The zero-order valence-electron chi connectivity index (χ0n) is 15.2. The first-order valence-electron chi connectivity index (χ1n) is 7.92. The van der Waals surface area contributed by atoms with Gasteiger partial charge in [0.05, 0.1) is 24.3 Å². The summed E-state index contributed by atoms with van der Waals surface area (Å²) >= 11 is 0. The van der Waals surface area contributed by atoms with Crippen LogP contribution in [0.4, 0.5) is 0 Å². The molecule has 0 aliphatic heterocycles. The van der Waals surface area contributed by atoms with Gasteiger partial charge in [0.1, 0.15) is 57.5 Å². The van der Waals surface area contributed by atoms with Crippen LogP contribution in [0.3, 0.4) is 0 Å². The maximum Gasteiger partial charge on any atom is 0.320 e. The van der Waals surface area contributed by atoms with Gasteiger partial charge in [-0.05, 0) is 0 Å². The van der Waals surface area contributed by atoms with E-state index in [2.05, 4.69) is 0 Å². The van der Waals surface area contributed by atoms with Gasteiger partial charge >= 0.3 is 23.9 Å². The van der Waals surface area contributed by atoms with Crippen molar-refractivity contribution in [2.75, 3.05) is 26.4 Å². The van der Waals surface area contributed by atoms with E-state index in [0.29, 0.717) is 0 Å². The summed E-state index contributed by atoms with van der Waals surface area (Å²) in [6.07, 6.45) is -2.36. The average molecular weight is 404 g/mol. The lowest BCUT2D eigenvalue weighted by molar-refractivity contribution is -0.169. The molecule has 0 rings (SSSR count). The van der Waals surface area contributed by atoms with Gasteiger partial charge in [0, 0.05) is 0 Å². The minimum Gasteiger partial charge on any atom is -0.464 e. The van der Waals surface area contributed by atoms with E-state index in [9.17, 15) is 19.2 Å². The van der Waals surface area contributed by atoms with Gasteiger partial charge in [-0.2, -0.15) is 21.0 Å². The van der Waals surface area contributed by atoms with E-state index in [0.717, 1.165) is 0 Å². The smallest absolute Gasteiger partial charge is 0.320 e. The minimum atomic E-state index is -1.59. The molecule has 0 atom stereocenters. The Bertz CT molecular complexity index is 648. The van der Waals surface area contributed by atoms with Crippen molar-refractivity contribution in [1.29, 1.82) is 21.0 Å². The van der Waals surface area contributed by atoms with Crippen molar-refractivity contribution in [2.45, 2.75) is 25.7 Å². The predicted octanol–water partition coefficient (Wildman–Crippen LogP) is -0.200. The summed E-state index contributed by atoms with van der Waals surface area (Å²) in [6.45, 7) is -2.36. The van der Waals surface area contributed by atoms with Crippen molar-refractivity contribution in [3.8, 4) is 24.3 Å². The van der Waals surface area contributed by atoms with Crippen molar-refractivity contribution < 1.29 is 38.1 Å². The van der Waals surface area contributed by atoms with Gasteiger partial charge in [-0.1, -0.05) is 0 Å². The number of carbonyl (C=O) groups excluding carboxylic acids is 4. The summed E-state index contributed by atoms with van der Waals surface area (Å²) in [5.74, 6) is -3.75. The molecule has 12 nitrogen and oxygen atoms in total. The highest BCUT2D eigenvalue weighted by Gasteiger charge is 2.38. The fraction of sp³-hybridized carbons (Fsp3) is 0.529. The molecule has 0 saturated heterocycles. The van der Waals surface area contributed by atoms with Crippen LogP contribution in [0, 0.1) is 50.7 Å². The molecule has 152 valence electrons. The zero-order chi connectivity index (χ0) is 22.1. The van der Waals surface area contributed by atoms with Gasteiger partial charge in [0.2, 0.25) is 0 Å². The highest BCUT2D eigenvalue weighted by Crippen LogP contribution is 2.22. The van der Waals surface area contributed by atoms with E-state index in [-0.39, 0.29) is 0 Å². The summed E-state index contributed by atoms with van der Waals surface area (Å²) in [7, 11) is 0. The predicted molar refractivity (Wildman–Crippen MR) is 87.2 cm³/mol. The van der Waals surface area contributed by atoms with E-state index in [1.165, 1.54) is 0 Å². The summed E-state index contributed by atoms with van der Waals surface area (Å²) in [5.41, 5.74) is -1.59. The minimum absolute atomic E-state index is 0.590. The number of nitrogens with zero attached hydrogens (tertiary/aromatic N) is 4. The lowest BCUT2D eigenvalue weighted by atomic mass is 9.92. The van der Waals surface area contributed by atoms with Gasteiger partial charge in [0.15, 0.2) is 0 Å². The lowest BCUT2D eigenvalue weighted by Gasteiger charge is -2.31. The van der Waals surface area contributed by atoms with Crippen molar-refractivity contribution in [3.05, 3.63) is 0 Å². The molecule has 0 bridgehead atoms. The van der Waals surface area contributed by atoms with Crippen molar-refractivity contribution >= 4 is 23.9 Å². The number of rotatable bonds is 12. The summed E-state index contributed by atoms with van der Waals surface area (Å²) < 4.78 is 19.6. The second-order valence-corrected chi connectivity index (χ2v) is 5.48. The van der Waals surface area contributed by atoms with Gasteiger partial charge in [-0.3, -0.25) is 19.2 Å². The summed E-state index contributed by atoms with van der Waals surface area (Å²) in [4.78, 5) is 46.1. The van der Waals surface area contributed by atoms with E-state index in [1.807, 2.05) is 0 Å². The molecule has 0 amide bonds. The van der Waals surface area contributed by atoms with Crippen molar-refractivity contribution in [3.63, 3.8) is 0 Å². The van der Waals surface area contributed by atoms with Gasteiger partial charge < -0.3 is 18.9 Å². The van der Waals surface area contributed by atoms with Crippen LogP contribution >= 0.6 is 0 Å². The quantitative estimate of drug-likeness (QED) is 0.307. The normalized spacial score (nSPS) is 9.52. The van der Waals surface area contributed by atoms with Crippen LogP contribution in [0.1, 0.15) is 25.7 Å². The van der Waals surface area contributed by atoms with Gasteiger partial charge in [-0.15, -0.1) is 0 Å². The molecular weight excluding hydrogens is 388 g/mol. The molecule has 0 aliphatic rings. The number of esters is 4. The Labute approximate surface area is 165 Å².